The summed E-state index contributed by atoms with van der Waals surface area (Å²) in [5.41, 5.74) is 10.6. The van der Waals surface area contributed by atoms with Crippen LogP contribution < -0.4 is 21.3 Å². The standard InChI is InChI=1S/C21H29N7O/c1-5-28-16-10-7-6-9-15(16)24-20(28)18(22)19-14(2)13-23-21(26-19)25-17(29)11-8-12-27(3)4/h6-7,9-10,13,24H,5,8,11-12,22H2,1-4H3,(H,23,25,26,29)/b20-18-. The number of anilines is 3. The number of aromatic nitrogens is 2. The summed E-state index contributed by atoms with van der Waals surface area (Å²) in [6, 6.07) is 8.06. The van der Waals surface area contributed by atoms with E-state index in [9.17, 15) is 4.79 Å². The van der Waals surface area contributed by atoms with Crippen LogP contribution in [-0.4, -0.2) is 48.0 Å². The smallest absolute Gasteiger partial charge is 0.230 e. The number of nitrogens with two attached hydrogens (primary N) is 1. The molecule has 1 aliphatic rings. The van der Waals surface area contributed by atoms with Crippen LogP contribution in [-0.2, 0) is 4.79 Å². The zero-order valence-corrected chi connectivity index (χ0v) is 17.5. The van der Waals surface area contributed by atoms with Crippen molar-refractivity contribution in [2.24, 2.45) is 5.73 Å². The van der Waals surface area contributed by atoms with Crippen LogP contribution in [0.2, 0.25) is 0 Å². The molecule has 1 aromatic carbocycles. The number of carbonyl (C=O) groups excluding carboxylic acids is 1. The molecule has 2 heterocycles. The summed E-state index contributed by atoms with van der Waals surface area (Å²) < 4.78 is 0. The molecule has 3 rings (SSSR count). The van der Waals surface area contributed by atoms with E-state index < -0.39 is 0 Å². The van der Waals surface area contributed by atoms with Crippen LogP contribution >= 0.6 is 0 Å². The third-order valence-electron chi connectivity index (χ3n) is 4.78. The van der Waals surface area contributed by atoms with Gasteiger partial charge in [0.2, 0.25) is 11.9 Å². The van der Waals surface area contributed by atoms with Crippen LogP contribution in [0.4, 0.5) is 17.3 Å². The summed E-state index contributed by atoms with van der Waals surface area (Å²) in [6.45, 7) is 5.60. The number of aryl methyl sites for hydroxylation is 1. The van der Waals surface area contributed by atoms with Crippen molar-refractivity contribution >= 4 is 28.9 Å². The number of hydrogen-bond acceptors (Lipinski definition) is 7. The Hall–Kier alpha value is -3.13. The topological polar surface area (TPSA) is 99.4 Å². The number of hydrogen-bond donors (Lipinski definition) is 3. The van der Waals surface area contributed by atoms with E-state index in [-0.39, 0.29) is 11.9 Å². The summed E-state index contributed by atoms with van der Waals surface area (Å²) in [5.74, 6) is 0.954. The van der Waals surface area contributed by atoms with Crippen molar-refractivity contribution in [1.82, 2.24) is 14.9 Å². The number of carbonyl (C=O) groups is 1. The Balaban J connectivity index is 1.83. The lowest BCUT2D eigenvalue weighted by atomic mass is 10.2. The fraction of sp³-hybridized carbons (Fsp3) is 0.381. The molecule has 29 heavy (non-hydrogen) atoms. The first-order valence-electron chi connectivity index (χ1n) is 9.82. The van der Waals surface area contributed by atoms with Crippen LogP contribution in [0.3, 0.4) is 0 Å². The van der Waals surface area contributed by atoms with E-state index in [1.807, 2.05) is 44.1 Å². The highest BCUT2D eigenvalue weighted by Crippen LogP contribution is 2.37. The van der Waals surface area contributed by atoms with Crippen molar-refractivity contribution in [3.63, 3.8) is 0 Å². The van der Waals surface area contributed by atoms with Crippen molar-refractivity contribution in [3.05, 3.63) is 47.5 Å². The molecule has 8 heteroatoms. The van der Waals surface area contributed by atoms with Gasteiger partial charge < -0.3 is 20.9 Å². The number of para-hydroxylation sites is 2. The summed E-state index contributed by atoms with van der Waals surface area (Å²) in [5, 5.41) is 6.17. The van der Waals surface area contributed by atoms with Gasteiger partial charge in [0.1, 0.15) is 5.82 Å². The second kappa shape index (κ2) is 8.91. The lowest BCUT2D eigenvalue weighted by Crippen LogP contribution is -2.25. The first kappa shape index (κ1) is 20.6. The van der Waals surface area contributed by atoms with Gasteiger partial charge in [0, 0.05) is 19.2 Å². The van der Waals surface area contributed by atoms with Gasteiger partial charge in [0.15, 0.2) is 0 Å². The lowest BCUT2D eigenvalue weighted by Gasteiger charge is -2.20. The second-order valence-corrected chi connectivity index (χ2v) is 7.33. The Morgan fingerprint density at radius 3 is 2.79 bits per heavy atom. The number of fused-ring (bicyclic) bond motifs is 1. The van der Waals surface area contributed by atoms with Crippen molar-refractivity contribution in [3.8, 4) is 0 Å². The quantitative estimate of drug-likeness (QED) is 0.663. The summed E-state index contributed by atoms with van der Waals surface area (Å²) in [6.07, 6.45) is 2.88. The van der Waals surface area contributed by atoms with Gasteiger partial charge in [0.05, 0.1) is 22.8 Å². The van der Waals surface area contributed by atoms with Gasteiger partial charge in [0.25, 0.3) is 0 Å². The summed E-state index contributed by atoms with van der Waals surface area (Å²) in [4.78, 5) is 25.1. The molecule has 0 saturated heterocycles. The monoisotopic (exact) mass is 395 g/mol. The molecule has 8 nitrogen and oxygen atoms in total. The molecule has 0 spiro atoms. The Labute approximate surface area is 171 Å². The molecule has 0 aliphatic carbocycles. The van der Waals surface area contributed by atoms with Gasteiger partial charge in [-0.1, -0.05) is 12.1 Å². The minimum atomic E-state index is -0.102. The molecule has 154 valence electrons. The van der Waals surface area contributed by atoms with Gasteiger partial charge in [-0.05, 0) is 58.6 Å². The predicted octanol–water partition coefficient (Wildman–Crippen LogP) is 2.60. The molecule has 0 unspecified atom stereocenters. The molecule has 2 aromatic rings. The molecule has 0 saturated carbocycles. The summed E-state index contributed by atoms with van der Waals surface area (Å²) >= 11 is 0. The minimum Gasteiger partial charge on any atom is -0.394 e. The van der Waals surface area contributed by atoms with Crippen LogP contribution in [0.15, 0.2) is 36.3 Å². The first-order valence-corrected chi connectivity index (χ1v) is 9.82. The van der Waals surface area contributed by atoms with Gasteiger partial charge in [-0.25, -0.2) is 9.97 Å². The normalized spacial score (nSPS) is 14.6. The highest BCUT2D eigenvalue weighted by molar-refractivity contribution is 5.89. The minimum absolute atomic E-state index is 0.102. The number of nitrogens with zero attached hydrogens (tertiary/aromatic N) is 4. The zero-order chi connectivity index (χ0) is 21.0. The van der Waals surface area contributed by atoms with E-state index in [1.54, 1.807) is 6.20 Å². The van der Waals surface area contributed by atoms with E-state index >= 15 is 0 Å². The summed E-state index contributed by atoms with van der Waals surface area (Å²) in [7, 11) is 3.97. The molecular weight excluding hydrogens is 366 g/mol. The van der Waals surface area contributed by atoms with Crippen LogP contribution in [0.25, 0.3) is 5.70 Å². The Morgan fingerprint density at radius 2 is 2.07 bits per heavy atom. The van der Waals surface area contributed by atoms with E-state index in [4.69, 9.17) is 5.73 Å². The number of nitrogens with one attached hydrogen (secondary N) is 2. The van der Waals surface area contributed by atoms with Crippen molar-refractivity contribution in [2.45, 2.75) is 26.7 Å². The average molecular weight is 396 g/mol. The molecule has 0 radical (unpaired) electrons. The molecule has 0 bridgehead atoms. The SMILES string of the molecule is CCN1/C(=C(\N)c2nc(NC(=O)CCCN(C)C)ncc2C)Nc2ccccc21. The maximum Gasteiger partial charge on any atom is 0.230 e. The van der Waals surface area contributed by atoms with Crippen molar-refractivity contribution < 1.29 is 4.79 Å². The molecule has 1 aliphatic heterocycles. The van der Waals surface area contributed by atoms with Gasteiger partial charge in [-0.15, -0.1) is 0 Å². The number of rotatable bonds is 7. The van der Waals surface area contributed by atoms with Gasteiger partial charge in [-0.3, -0.25) is 10.1 Å². The Bertz CT molecular complexity index is 923. The third kappa shape index (κ3) is 4.65. The highest BCUT2D eigenvalue weighted by Gasteiger charge is 2.26. The van der Waals surface area contributed by atoms with Crippen molar-refractivity contribution in [2.75, 3.05) is 42.7 Å². The maximum absolute atomic E-state index is 12.2. The Morgan fingerprint density at radius 1 is 1.31 bits per heavy atom. The second-order valence-electron chi connectivity index (χ2n) is 7.33. The number of benzene rings is 1. The van der Waals surface area contributed by atoms with Crippen LogP contribution in [0.5, 0.6) is 0 Å². The number of amides is 1. The highest BCUT2D eigenvalue weighted by atomic mass is 16.1. The first-order chi connectivity index (χ1) is 13.9. The van der Waals surface area contributed by atoms with Crippen LogP contribution in [0, 0.1) is 6.92 Å². The molecule has 4 N–H and O–H groups in total. The average Bonchev–Trinajstić information content (AvgIpc) is 3.07. The largest absolute Gasteiger partial charge is 0.394 e. The third-order valence-corrected chi connectivity index (χ3v) is 4.78. The molecule has 1 aromatic heterocycles. The maximum atomic E-state index is 12.2. The zero-order valence-electron chi connectivity index (χ0n) is 17.5. The van der Waals surface area contributed by atoms with E-state index in [0.29, 0.717) is 17.8 Å². The fourth-order valence-corrected chi connectivity index (χ4v) is 3.30. The van der Waals surface area contributed by atoms with Crippen LogP contribution in [0.1, 0.15) is 31.0 Å². The lowest BCUT2D eigenvalue weighted by molar-refractivity contribution is -0.116. The van der Waals surface area contributed by atoms with Crippen molar-refractivity contribution in [1.29, 1.82) is 0 Å². The molecule has 0 atom stereocenters. The van der Waals surface area contributed by atoms with Gasteiger partial charge in [-0.2, -0.15) is 0 Å². The van der Waals surface area contributed by atoms with E-state index in [2.05, 4.69) is 38.5 Å². The van der Waals surface area contributed by atoms with Gasteiger partial charge >= 0.3 is 0 Å². The predicted molar refractivity (Wildman–Crippen MR) is 117 cm³/mol. The Kier molecular flexibility index (Phi) is 6.33. The van der Waals surface area contributed by atoms with E-state index in [1.165, 1.54) is 0 Å². The molecule has 1 amide bonds. The molecule has 0 fully saturated rings. The fourth-order valence-electron chi connectivity index (χ4n) is 3.30. The van der Waals surface area contributed by atoms with E-state index in [0.717, 1.165) is 42.3 Å². The molecular formula is C21H29N7O.